The molecule has 1 aliphatic carbocycles. The van der Waals surface area contributed by atoms with Crippen molar-refractivity contribution in [3.8, 4) is 0 Å². The Morgan fingerprint density at radius 1 is 1.62 bits per heavy atom. The van der Waals surface area contributed by atoms with Crippen LogP contribution in [0.5, 0.6) is 0 Å². The van der Waals surface area contributed by atoms with E-state index in [4.69, 9.17) is 10.8 Å². The van der Waals surface area contributed by atoms with Crippen molar-refractivity contribution in [2.24, 2.45) is 5.73 Å². The minimum atomic E-state index is -0.0549. The summed E-state index contributed by atoms with van der Waals surface area (Å²) in [6.07, 6.45) is 5.12. The molecule has 0 aromatic carbocycles. The molecule has 72 valence electrons. The van der Waals surface area contributed by atoms with Gasteiger partial charge >= 0.3 is 0 Å². The lowest BCUT2D eigenvalue weighted by Gasteiger charge is -2.40. The van der Waals surface area contributed by atoms with Crippen molar-refractivity contribution in [1.82, 2.24) is 15.0 Å². The average Bonchev–Trinajstić information content (AvgIpc) is 2.52. The first-order chi connectivity index (χ1) is 6.30. The molecule has 0 atom stereocenters. The number of hydrogen-bond acceptors (Lipinski definition) is 4. The lowest BCUT2D eigenvalue weighted by atomic mass is 9.77. The third-order valence-electron chi connectivity index (χ3n) is 2.85. The highest BCUT2D eigenvalue weighted by molar-refractivity contribution is 4.99. The molecule has 1 aliphatic rings. The lowest BCUT2D eigenvalue weighted by molar-refractivity contribution is 0.131. The SMILES string of the molecule is NCC1(n2cc(CO)nn2)CCC1. The van der Waals surface area contributed by atoms with E-state index in [9.17, 15) is 0 Å². The van der Waals surface area contributed by atoms with Gasteiger partial charge in [-0.1, -0.05) is 5.21 Å². The van der Waals surface area contributed by atoms with Gasteiger partial charge in [-0.05, 0) is 19.3 Å². The van der Waals surface area contributed by atoms with Gasteiger partial charge in [0.25, 0.3) is 0 Å². The molecule has 0 spiro atoms. The van der Waals surface area contributed by atoms with Crippen LogP contribution in [-0.4, -0.2) is 26.6 Å². The van der Waals surface area contributed by atoms with Crippen molar-refractivity contribution in [2.75, 3.05) is 6.54 Å². The van der Waals surface area contributed by atoms with E-state index in [2.05, 4.69) is 10.3 Å². The van der Waals surface area contributed by atoms with Crippen molar-refractivity contribution in [1.29, 1.82) is 0 Å². The molecule has 5 nitrogen and oxygen atoms in total. The number of aromatic nitrogens is 3. The molecule has 5 heteroatoms. The van der Waals surface area contributed by atoms with Crippen LogP contribution in [0.15, 0.2) is 6.20 Å². The Morgan fingerprint density at radius 2 is 2.38 bits per heavy atom. The van der Waals surface area contributed by atoms with Gasteiger partial charge in [0.05, 0.1) is 18.3 Å². The van der Waals surface area contributed by atoms with Gasteiger partial charge in [0, 0.05) is 6.54 Å². The van der Waals surface area contributed by atoms with Gasteiger partial charge in [0.15, 0.2) is 0 Å². The van der Waals surface area contributed by atoms with E-state index in [1.54, 1.807) is 6.20 Å². The monoisotopic (exact) mass is 182 g/mol. The molecule has 1 fully saturated rings. The Balaban J connectivity index is 2.23. The van der Waals surface area contributed by atoms with Crippen LogP contribution in [0.4, 0.5) is 0 Å². The molecule has 0 aliphatic heterocycles. The largest absolute Gasteiger partial charge is 0.390 e. The van der Waals surface area contributed by atoms with Crippen LogP contribution in [0.1, 0.15) is 25.0 Å². The van der Waals surface area contributed by atoms with Gasteiger partial charge in [-0.3, -0.25) is 0 Å². The molecule has 2 rings (SSSR count). The first kappa shape index (κ1) is 8.65. The number of nitrogens with zero attached hydrogens (tertiary/aromatic N) is 3. The van der Waals surface area contributed by atoms with Crippen LogP contribution in [0.25, 0.3) is 0 Å². The molecule has 0 radical (unpaired) electrons. The maximum absolute atomic E-state index is 8.83. The van der Waals surface area contributed by atoms with Crippen LogP contribution in [0.2, 0.25) is 0 Å². The molecule has 1 aromatic rings. The molecular formula is C8H14N4O. The highest BCUT2D eigenvalue weighted by Gasteiger charge is 2.38. The molecule has 13 heavy (non-hydrogen) atoms. The molecule has 0 amide bonds. The quantitative estimate of drug-likeness (QED) is 0.667. The number of aliphatic hydroxyl groups excluding tert-OH is 1. The van der Waals surface area contributed by atoms with Crippen molar-refractivity contribution < 1.29 is 5.11 Å². The summed E-state index contributed by atoms with van der Waals surface area (Å²) in [5.41, 5.74) is 6.30. The summed E-state index contributed by atoms with van der Waals surface area (Å²) in [5, 5.41) is 16.6. The Morgan fingerprint density at radius 3 is 2.77 bits per heavy atom. The van der Waals surface area contributed by atoms with Crippen molar-refractivity contribution in [3.05, 3.63) is 11.9 Å². The maximum Gasteiger partial charge on any atom is 0.108 e. The number of aliphatic hydroxyl groups is 1. The normalized spacial score (nSPS) is 19.8. The van der Waals surface area contributed by atoms with Crippen molar-refractivity contribution >= 4 is 0 Å². The highest BCUT2D eigenvalue weighted by Crippen LogP contribution is 2.37. The van der Waals surface area contributed by atoms with Crippen molar-refractivity contribution in [3.63, 3.8) is 0 Å². The summed E-state index contributed by atoms with van der Waals surface area (Å²) in [5.74, 6) is 0. The molecule has 3 N–H and O–H groups in total. The first-order valence-corrected chi connectivity index (χ1v) is 4.53. The van der Waals surface area contributed by atoms with Crippen LogP contribution >= 0.6 is 0 Å². The third kappa shape index (κ3) is 1.24. The maximum atomic E-state index is 8.83. The predicted molar refractivity (Wildman–Crippen MR) is 46.8 cm³/mol. The number of nitrogens with two attached hydrogens (primary N) is 1. The van der Waals surface area contributed by atoms with Crippen LogP contribution in [-0.2, 0) is 12.1 Å². The summed E-state index contributed by atoms with van der Waals surface area (Å²) >= 11 is 0. The van der Waals surface area contributed by atoms with E-state index < -0.39 is 0 Å². The minimum absolute atomic E-state index is 0.0135. The van der Waals surface area contributed by atoms with E-state index >= 15 is 0 Å². The fraction of sp³-hybridized carbons (Fsp3) is 0.750. The summed E-state index contributed by atoms with van der Waals surface area (Å²) in [7, 11) is 0. The Bertz CT molecular complexity index is 287. The fourth-order valence-electron chi connectivity index (χ4n) is 1.71. The highest BCUT2D eigenvalue weighted by atomic mass is 16.3. The van der Waals surface area contributed by atoms with Gasteiger partial charge in [-0.25, -0.2) is 4.68 Å². The summed E-state index contributed by atoms with van der Waals surface area (Å²) in [4.78, 5) is 0. The number of rotatable bonds is 3. The smallest absolute Gasteiger partial charge is 0.108 e. The van der Waals surface area contributed by atoms with E-state index in [1.807, 2.05) is 4.68 Å². The molecule has 1 heterocycles. The van der Waals surface area contributed by atoms with Gasteiger partial charge in [0.1, 0.15) is 5.69 Å². The Labute approximate surface area is 76.5 Å². The second-order valence-electron chi connectivity index (χ2n) is 3.59. The topological polar surface area (TPSA) is 77.0 Å². The van der Waals surface area contributed by atoms with E-state index in [0.717, 1.165) is 12.8 Å². The van der Waals surface area contributed by atoms with Crippen molar-refractivity contribution in [2.45, 2.75) is 31.4 Å². The van der Waals surface area contributed by atoms with Gasteiger partial charge in [-0.15, -0.1) is 5.10 Å². The van der Waals surface area contributed by atoms with Crippen LogP contribution < -0.4 is 5.73 Å². The summed E-state index contributed by atoms with van der Waals surface area (Å²) in [6.45, 7) is 0.544. The van der Waals surface area contributed by atoms with E-state index in [-0.39, 0.29) is 12.1 Å². The van der Waals surface area contributed by atoms with Gasteiger partial charge in [0.2, 0.25) is 0 Å². The molecular weight excluding hydrogens is 168 g/mol. The molecule has 1 saturated carbocycles. The second-order valence-corrected chi connectivity index (χ2v) is 3.59. The Kier molecular flexibility index (Phi) is 2.05. The zero-order valence-corrected chi connectivity index (χ0v) is 7.48. The first-order valence-electron chi connectivity index (χ1n) is 4.53. The third-order valence-corrected chi connectivity index (χ3v) is 2.85. The van der Waals surface area contributed by atoms with E-state index in [0.29, 0.717) is 12.2 Å². The van der Waals surface area contributed by atoms with E-state index in [1.165, 1.54) is 6.42 Å². The molecule has 1 aromatic heterocycles. The molecule has 0 bridgehead atoms. The average molecular weight is 182 g/mol. The summed E-state index contributed by atoms with van der Waals surface area (Å²) < 4.78 is 1.81. The van der Waals surface area contributed by atoms with Gasteiger partial charge in [-0.2, -0.15) is 0 Å². The fourth-order valence-corrected chi connectivity index (χ4v) is 1.71. The second kappa shape index (κ2) is 3.08. The van der Waals surface area contributed by atoms with Crippen LogP contribution in [0, 0.1) is 0 Å². The van der Waals surface area contributed by atoms with Crippen LogP contribution in [0.3, 0.4) is 0 Å². The lowest BCUT2D eigenvalue weighted by Crippen LogP contribution is -2.47. The predicted octanol–water partition coefficient (Wildman–Crippen LogP) is -0.392. The molecule has 0 unspecified atom stereocenters. The zero-order valence-electron chi connectivity index (χ0n) is 7.48. The Hall–Kier alpha value is -0.940. The summed E-state index contributed by atoms with van der Waals surface area (Å²) in [6, 6.07) is 0. The minimum Gasteiger partial charge on any atom is -0.390 e. The van der Waals surface area contributed by atoms with Gasteiger partial charge < -0.3 is 10.8 Å². The molecule has 0 saturated heterocycles. The number of hydrogen-bond donors (Lipinski definition) is 2. The standard InChI is InChI=1S/C8H14N4O/c9-6-8(2-1-3-8)12-4-7(5-13)10-11-12/h4,13H,1-3,5-6,9H2. The zero-order chi connectivity index (χ0) is 9.31.